The Morgan fingerprint density at radius 1 is 1.14 bits per heavy atom. The van der Waals surface area contributed by atoms with Crippen LogP contribution in [0.25, 0.3) is 0 Å². The zero-order chi connectivity index (χ0) is 15.4. The lowest BCUT2D eigenvalue weighted by Crippen LogP contribution is -2.36. The quantitative estimate of drug-likeness (QED) is 0.812. The van der Waals surface area contributed by atoms with Crippen molar-refractivity contribution in [2.75, 3.05) is 5.32 Å². The fraction of sp³-hybridized carbons (Fsp3) is 0.0769. The minimum Gasteiger partial charge on any atom is -0.479 e. The Morgan fingerprint density at radius 3 is 2.33 bits per heavy atom. The number of nitrogens with one attached hydrogen (secondary N) is 2. The Hall–Kier alpha value is -2.48. The van der Waals surface area contributed by atoms with Gasteiger partial charge in [0.15, 0.2) is 6.04 Å². The molecule has 3 N–H and O–H groups in total. The molecule has 0 radical (unpaired) electrons. The molecule has 0 aliphatic heterocycles. The van der Waals surface area contributed by atoms with Gasteiger partial charge in [-0.25, -0.2) is 18.4 Å². The van der Waals surface area contributed by atoms with Gasteiger partial charge in [-0.3, -0.25) is 0 Å². The highest BCUT2D eigenvalue weighted by Gasteiger charge is 2.23. The van der Waals surface area contributed by atoms with Crippen LogP contribution in [0.3, 0.4) is 0 Å². The van der Waals surface area contributed by atoms with Crippen LogP contribution in [0.4, 0.5) is 19.3 Å². The monoisotopic (exact) mass is 312 g/mol. The number of para-hydroxylation sites is 1. The second kappa shape index (κ2) is 6.31. The Morgan fingerprint density at radius 2 is 1.81 bits per heavy atom. The van der Waals surface area contributed by atoms with Crippen molar-refractivity contribution >= 4 is 29.0 Å². The largest absolute Gasteiger partial charge is 0.479 e. The topological polar surface area (TPSA) is 78.4 Å². The first kappa shape index (κ1) is 14.9. The third kappa shape index (κ3) is 3.54. The van der Waals surface area contributed by atoms with E-state index < -0.39 is 35.4 Å². The molecule has 0 spiro atoms. The summed E-state index contributed by atoms with van der Waals surface area (Å²) in [5, 5.41) is 14.9. The van der Waals surface area contributed by atoms with Crippen molar-refractivity contribution in [1.82, 2.24) is 5.32 Å². The maximum Gasteiger partial charge on any atom is 0.331 e. The number of aliphatic carboxylic acids is 1. The van der Waals surface area contributed by atoms with Crippen LogP contribution in [0, 0.1) is 11.6 Å². The Labute approximate surface area is 122 Å². The van der Waals surface area contributed by atoms with Crippen molar-refractivity contribution in [1.29, 1.82) is 0 Å². The molecule has 1 aromatic heterocycles. The van der Waals surface area contributed by atoms with Gasteiger partial charge in [0.1, 0.15) is 17.3 Å². The van der Waals surface area contributed by atoms with Gasteiger partial charge < -0.3 is 15.7 Å². The lowest BCUT2D eigenvalue weighted by atomic mass is 10.2. The number of hydrogen-bond acceptors (Lipinski definition) is 3. The van der Waals surface area contributed by atoms with Gasteiger partial charge >= 0.3 is 12.0 Å². The molecule has 8 heteroatoms. The van der Waals surface area contributed by atoms with Crippen LogP contribution in [0.5, 0.6) is 0 Å². The second-order valence-corrected chi connectivity index (χ2v) is 4.96. The zero-order valence-electron chi connectivity index (χ0n) is 10.5. The number of carbonyl (C=O) groups excluding carboxylic acids is 1. The van der Waals surface area contributed by atoms with Crippen molar-refractivity contribution < 1.29 is 23.5 Å². The third-order valence-electron chi connectivity index (χ3n) is 2.55. The number of halogens is 2. The van der Waals surface area contributed by atoms with E-state index in [2.05, 4.69) is 5.32 Å². The van der Waals surface area contributed by atoms with Gasteiger partial charge in [-0.2, -0.15) is 0 Å². The van der Waals surface area contributed by atoms with E-state index >= 15 is 0 Å². The molecule has 0 saturated heterocycles. The fourth-order valence-corrected chi connectivity index (χ4v) is 2.38. The van der Waals surface area contributed by atoms with E-state index in [0.717, 1.165) is 29.5 Å². The van der Waals surface area contributed by atoms with Gasteiger partial charge in [0.25, 0.3) is 0 Å². The van der Waals surface area contributed by atoms with Gasteiger partial charge in [0, 0.05) is 4.88 Å². The van der Waals surface area contributed by atoms with Crippen molar-refractivity contribution in [3.63, 3.8) is 0 Å². The van der Waals surface area contributed by atoms with Crippen molar-refractivity contribution in [3.8, 4) is 0 Å². The number of carboxylic acid groups (broad SMARTS) is 1. The average Bonchev–Trinajstić information content (AvgIpc) is 2.94. The SMILES string of the molecule is O=C(Nc1c(F)cccc1F)NC(C(=O)O)c1cccs1. The molecule has 5 nitrogen and oxygen atoms in total. The summed E-state index contributed by atoms with van der Waals surface area (Å²) in [4.78, 5) is 23.2. The summed E-state index contributed by atoms with van der Waals surface area (Å²) in [7, 11) is 0. The maximum atomic E-state index is 13.4. The number of thiophene rings is 1. The first-order valence-electron chi connectivity index (χ1n) is 5.77. The molecule has 0 fully saturated rings. The number of rotatable bonds is 4. The van der Waals surface area contributed by atoms with E-state index in [4.69, 9.17) is 5.11 Å². The first-order chi connectivity index (χ1) is 9.99. The molecule has 2 amide bonds. The molecule has 2 aromatic rings. The minimum absolute atomic E-state index is 0.395. The lowest BCUT2D eigenvalue weighted by Gasteiger charge is -2.14. The van der Waals surface area contributed by atoms with Crippen LogP contribution < -0.4 is 10.6 Å². The highest BCUT2D eigenvalue weighted by atomic mass is 32.1. The Balaban J connectivity index is 2.12. The molecule has 1 atom stereocenters. The van der Waals surface area contributed by atoms with E-state index in [1.807, 2.05) is 5.32 Å². The zero-order valence-corrected chi connectivity index (χ0v) is 11.3. The Kier molecular flexibility index (Phi) is 4.49. The summed E-state index contributed by atoms with van der Waals surface area (Å²) in [5.41, 5.74) is -0.634. The van der Waals surface area contributed by atoms with E-state index in [0.29, 0.717) is 4.88 Å². The average molecular weight is 312 g/mol. The predicted molar refractivity (Wildman–Crippen MR) is 73.2 cm³/mol. The van der Waals surface area contributed by atoms with E-state index in [1.54, 1.807) is 11.4 Å². The minimum atomic E-state index is -1.29. The summed E-state index contributed by atoms with van der Waals surface area (Å²) in [6.45, 7) is 0. The number of carboxylic acids is 1. The standard InChI is InChI=1S/C13H10F2N2O3S/c14-7-3-1-4-8(15)10(7)16-13(20)17-11(12(18)19)9-5-2-6-21-9/h1-6,11H,(H,18,19)(H2,16,17,20). The van der Waals surface area contributed by atoms with Gasteiger partial charge in [0.05, 0.1) is 0 Å². The molecular weight excluding hydrogens is 302 g/mol. The molecular formula is C13H10F2N2O3S. The number of anilines is 1. The molecule has 1 heterocycles. The summed E-state index contributed by atoms with van der Waals surface area (Å²) in [5.74, 6) is -3.18. The number of amides is 2. The van der Waals surface area contributed by atoms with Gasteiger partial charge in [-0.05, 0) is 23.6 Å². The fourth-order valence-electron chi connectivity index (χ4n) is 1.61. The molecule has 2 rings (SSSR count). The number of urea groups is 1. The molecule has 0 aliphatic rings. The molecule has 0 aliphatic carbocycles. The smallest absolute Gasteiger partial charge is 0.331 e. The number of benzene rings is 1. The maximum absolute atomic E-state index is 13.4. The van der Waals surface area contributed by atoms with E-state index in [-0.39, 0.29) is 0 Å². The molecule has 0 bridgehead atoms. The van der Waals surface area contributed by atoms with Gasteiger partial charge in [-0.1, -0.05) is 12.1 Å². The van der Waals surface area contributed by atoms with Crippen LogP contribution in [0.1, 0.15) is 10.9 Å². The normalized spacial score (nSPS) is 11.7. The number of hydrogen-bond donors (Lipinski definition) is 3. The van der Waals surface area contributed by atoms with Crippen LogP contribution >= 0.6 is 11.3 Å². The molecule has 110 valence electrons. The van der Waals surface area contributed by atoms with E-state index in [9.17, 15) is 18.4 Å². The summed E-state index contributed by atoms with van der Waals surface area (Å²) >= 11 is 1.14. The molecule has 21 heavy (non-hydrogen) atoms. The highest BCUT2D eigenvalue weighted by Crippen LogP contribution is 2.21. The van der Waals surface area contributed by atoms with Crippen molar-refractivity contribution in [3.05, 3.63) is 52.2 Å². The lowest BCUT2D eigenvalue weighted by molar-refractivity contribution is -0.139. The van der Waals surface area contributed by atoms with Gasteiger partial charge in [0.2, 0.25) is 0 Å². The number of carbonyl (C=O) groups is 2. The first-order valence-corrected chi connectivity index (χ1v) is 6.64. The predicted octanol–water partition coefficient (Wildman–Crippen LogP) is 2.97. The van der Waals surface area contributed by atoms with Crippen molar-refractivity contribution in [2.24, 2.45) is 0 Å². The van der Waals surface area contributed by atoms with Gasteiger partial charge in [-0.15, -0.1) is 11.3 Å². The molecule has 1 aromatic carbocycles. The van der Waals surface area contributed by atoms with Crippen LogP contribution in [-0.4, -0.2) is 17.1 Å². The van der Waals surface area contributed by atoms with Crippen molar-refractivity contribution in [2.45, 2.75) is 6.04 Å². The summed E-state index contributed by atoms with van der Waals surface area (Å²) < 4.78 is 26.8. The van der Waals surface area contributed by atoms with Crippen LogP contribution in [-0.2, 0) is 4.79 Å². The Bertz CT molecular complexity index is 641. The summed E-state index contributed by atoms with van der Waals surface area (Å²) in [6.07, 6.45) is 0. The second-order valence-electron chi connectivity index (χ2n) is 3.98. The van der Waals surface area contributed by atoms with E-state index in [1.165, 1.54) is 6.07 Å². The van der Waals surface area contributed by atoms with Crippen LogP contribution in [0.2, 0.25) is 0 Å². The highest BCUT2D eigenvalue weighted by molar-refractivity contribution is 7.10. The molecule has 1 unspecified atom stereocenters. The molecule has 0 saturated carbocycles. The third-order valence-corrected chi connectivity index (χ3v) is 3.49. The van der Waals surface area contributed by atoms with Crippen LogP contribution in [0.15, 0.2) is 35.7 Å². The summed E-state index contributed by atoms with van der Waals surface area (Å²) in [6, 6.07) is 3.97.